The van der Waals surface area contributed by atoms with E-state index in [1.807, 2.05) is 6.08 Å². The molecule has 0 aromatic rings. The van der Waals surface area contributed by atoms with Crippen LogP contribution in [0.15, 0.2) is 25.3 Å². The molecule has 1 aliphatic rings. The summed E-state index contributed by atoms with van der Waals surface area (Å²) >= 11 is 1.52. The molecule has 2 unspecified atom stereocenters. The number of aliphatic hydroxyl groups excluding tert-OH is 1. The lowest BCUT2D eigenvalue weighted by Crippen LogP contribution is -2.45. The largest absolute Gasteiger partial charge is 0.389 e. The molecular formula is C13H20O3S. The van der Waals surface area contributed by atoms with E-state index in [4.69, 9.17) is 4.74 Å². The number of carbonyl (C=O) groups excluding carboxylic acids is 1. The lowest BCUT2D eigenvalue weighted by atomic mass is 9.93. The molecule has 0 bridgehead atoms. The maximum atomic E-state index is 10.7. The van der Waals surface area contributed by atoms with Crippen molar-refractivity contribution in [2.75, 3.05) is 0 Å². The standard InChI is InChI=1S/C13H20O3S/c1-5-11-7-12(6-2)17-13(11,10(4)15)16-9(3)8-14/h5-6,8-12,15H,1-2,7H2,3-4H3/t9-,10-,11?,12?,13+/m0/s1. The Bertz CT molecular complexity index is 303. The summed E-state index contributed by atoms with van der Waals surface area (Å²) in [6.45, 7) is 10.9. The van der Waals surface area contributed by atoms with Crippen LogP contribution >= 0.6 is 11.8 Å². The normalized spacial score (nSPS) is 36.2. The lowest BCUT2D eigenvalue weighted by molar-refractivity contribution is -0.134. The Morgan fingerprint density at radius 1 is 1.47 bits per heavy atom. The van der Waals surface area contributed by atoms with E-state index in [2.05, 4.69) is 13.2 Å². The van der Waals surface area contributed by atoms with Crippen LogP contribution in [0, 0.1) is 5.92 Å². The number of hydrogen-bond donors (Lipinski definition) is 1. The van der Waals surface area contributed by atoms with Crippen molar-refractivity contribution in [1.82, 2.24) is 0 Å². The monoisotopic (exact) mass is 256 g/mol. The molecule has 1 saturated heterocycles. The average Bonchev–Trinajstić information content (AvgIpc) is 2.68. The summed E-state index contributed by atoms with van der Waals surface area (Å²) in [7, 11) is 0. The molecule has 0 aliphatic carbocycles. The highest BCUT2D eigenvalue weighted by Gasteiger charge is 2.51. The maximum Gasteiger partial charge on any atom is 0.148 e. The number of aliphatic hydroxyl groups is 1. The topological polar surface area (TPSA) is 46.5 Å². The molecule has 1 heterocycles. The quantitative estimate of drug-likeness (QED) is 0.584. The molecule has 1 fully saturated rings. The molecule has 96 valence electrons. The van der Waals surface area contributed by atoms with E-state index in [0.717, 1.165) is 12.7 Å². The Labute approximate surface area is 107 Å². The molecule has 5 atom stereocenters. The predicted octanol–water partition coefficient (Wildman–Crippen LogP) is 2.16. The number of rotatable bonds is 6. The van der Waals surface area contributed by atoms with Crippen molar-refractivity contribution < 1.29 is 14.6 Å². The highest BCUT2D eigenvalue weighted by atomic mass is 32.2. The third-order valence-electron chi connectivity index (χ3n) is 3.03. The SMILES string of the molecule is C=CC1CC(C=C)[C@@](O[C@@H](C)C=O)([C@H](C)O)S1. The highest BCUT2D eigenvalue weighted by Crippen LogP contribution is 2.51. The number of thioether (sulfide) groups is 1. The van der Waals surface area contributed by atoms with E-state index in [1.54, 1.807) is 19.9 Å². The van der Waals surface area contributed by atoms with E-state index in [1.165, 1.54) is 11.8 Å². The summed E-state index contributed by atoms with van der Waals surface area (Å²) in [4.78, 5) is 9.95. The Balaban J connectivity index is 2.99. The molecule has 17 heavy (non-hydrogen) atoms. The van der Waals surface area contributed by atoms with Crippen LogP contribution in [0.1, 0.15) is 20.3 Å². The van der Waals surface area contributed by atoms with Crippen molar-refractivity contribution in [3.05, 3.63) is 25.3 Å². The van der Waals surface area contributed by atoms with Crippen molar-refractivity contribution in [3.63, 3.8) is 0 Å². The van der Waals surface area contributed by atoms with Gasteiger partial charge in [0.15, 0.2) is 0 Å². The molecule has 0 aromatic carbocycles. The van der Waals surface area contributed by atoms with Gasteiger partial charge in [-0.3, -0.25) is 0 Å². The van der Waals surface area contributed by atoms with E-state index in [-0.39, 0.29) is 11.2 Å². The molecule has 1 aliphatic heterocycles. The third kappa shape index (κ3) is 2.81. The summed E-state index contributed by atoms with van der Waals surface area (Å²) in [5, 5.41) is 10.2. The van der Waals surface area contributed by atoms with Gasteiger partial charge in [0, 0.05) is 11.2 Å². The summed E-state index contributed by atoms with van der Waals surface area (Å²) in [5.41, 5.74) is 0. The zero-order chi connectivity index (χ0) is 13.1. The highest BCUT2D eigenvalue weighted by molar-refractivity contribution is 8.01. The van der Waals surface area contributed by atoms with E-state index in [9.17, 15) is 9.90 Å². The van der Waals surface area contributed by atoms with Crippen LogP contribution in [0.5, 0.6) is 0 Å². The van der Waals surface area contributed by atoms with Crippen molar-refractivity contribution in [2.45, 2.75) is 42.7 Å². The van der Waals surface area contributed by atoms with Gasteiger partial charge >= 0.3 is 0 Å². The molecular weight excluding hydrogens is 236 g/mol. The van der Waals surface area contributed by atoms with Gasteiger partial charge in [-0.1, -0.05) is 12.2 Å². The third-order valence-corrected chi connectivity index (χ3v) is 4.83. The summed E-state index contributed by atoms with van der Waals surface area (Å²) in [5.74, 6) is 0.0119. The summed E-state index contributed by atoms with van der Waals surface area (Å²) in [6, 6.07) is 0. The van der Waals surface area contributed by atoms with Gasteiger partial charge < -0.3 is 14.6 Å². The minimum atomic E-state index is -0.791. The van der Waals surface area contributed by atoms with Crippen molar-refractivity contribution in [3.8, 4) is 0 Å². The zero-order valence-corrected chi connectivity index (χ0v) is 11.2. The molecule has 3 nitrogen and oxygen atoms in total. The van der Waals surface area contributed by atoms with Gasteiger partial charge in [0.2, 0.25) is 0 Å². The second kappa shape index (κ2) is 5.85. The maximum absolute atomic E-state index is 10.7. The minimum Gasteiger partial charge on any atom is -0.389 e. The van der Waals surface area contributed by atoms with Gasteiger partial charge in [0.1, 0.15) is 17.3 Å². The fourth-order valence-electron chi connectivity index (χ4n) is 2.13. The fraction of sp³-hybridized carbons (Fsp3) is 0.615. The van der Waals surface area contributed by atoms with Crippen LogP contribution in [0.4, 0.5) is 0 Å². The number of carbonyl (C=O) groups is 1. The van der Waals surface area contributed by atoms with Crippen molar-refractivity contribution in [1.29, 1.82) is 0 Å². The molecule has 0 saturated carbocycles. The number of ether oxygens (including phenoxy) is 1. The van der Waals surface area contributed by atoms with Crippen LogP contribution in [0.3, 0.4) is 0 Å². The summed E-state index contributed by atoms with van der Waals surface area (Å²) in [6.07, 6.45) is 3.99. The Morgan fingerprint density at radius 3 is 2.53 bits per heavy atom. The van der Waals surface area contributed by atoms with E-state index < -0.39 is 17.1 Å². The van der Waals surface area contributed by atoms with Crippen LogP contribution in [0.25, 0.3) is 0 Å². The first-order valence-corrected chi connectivity index (χ1v) is 6.62. The predicted molar refractivity (Wildman–Crippen MR) is 70.9 cm³/mol. The van der Waals surface area contributed by atoms with Gasteiger partial charge in [0.05, 0.1) is 6.10 Å². The molecule has 1 N–H and O–H groups in total. The molecule has 0 amide bonds. The molecule has 0 spiro atoms. The Kier molecular flexibility index (Phi) is 4.98. The minimum absolute atomic E-state index is 0.0119. The van der Waals surface area contributed by atoms with Gasteiger partial charge in [-0.15, -0.1) is 24.9 Å². The van der Waals surface area contributed by atoms with E-state index in [0.29, 0.717) is 0 Å². The van der Waals surface area contributed by atoms with Crippen molar-refractivity contribution >= 4 is 18.0 Å². The number of hydrogen-bond acceptors (Lipinski definition) is 4. The van der Waals surface area contributed by atoms with E-state index >= 15 is 0 Å². The Morgan fingerprint density at radius 2 is 2.12 bits per heavy atom. The lowest BCUT2D eigenvalue weighted by Gasteiger charge is -2.37. The van der Waals surface area contributed by atoms with Gasteiger partial charge in [-0.25, -0.2) is 0 Å². The second-order valence-corrected chi connectivity index (χ2v) is 5.81. The van der Waals surface area contributed by atoms with Crippen LogP contribution in [-0.2, 0) is 9.53 Å². The first-order valence-electron chi connectivity index (χ1n) is 5.74. The second-order valence-electron chi connectivity index (χ2n) is 4.33. The van der Waals surface area contributed by atoms with Crippen LogP contribution < -0.4 is 0 Å². The average molecular weight is 256 g/mol. The van der Waals surface area contributed by atoms with Gasteiger partial charge in [-0.2, -0.15) is 0 Å². The molecule has 0 aromatic heterocycles. The first kappa shape index (κ1) is 14.5. The van der Waals surface area contributed by atoms with Crippen LogP contribution in [-0.4, -0.2) is 33.8 Å². The van der Waals surface area contributed by atoms with Crippen molar-refractivity contribution in [2.24, 2.45) is 5.92 Å². The molecule has 0 radical (unpaired) electrons. The smallest absolute Gasteiger partial charge is 0.148 e. The molecule has 4 heteroatoms. The van der Waals surface area contributed by atoms with Gasteiger partial charge in [0.25, 0.3) is 0 Å². The van der Waals surface area contributed by atoms with Crippen LogP contribution in [0.2, 0.25) is 0 Å². The fourth-order valence-corrected chi connectivity index (χ4v) is 3.78. The zero-order valence-electron chi connectivity index (χ0n) is 10.3. The number of aldehydes is 1. The first-order chi connectivity index (χ1) is 8.00. The van der Waals surface area contributed by atoms with Gasteiger partial charge in [-0.05, 0) is 20.3 Å². The Hall–Kier alpha value is -0.580. The summed E-state index contributed by atoms with van der Waals surface area (Å²) < 4.78 is 5.77. The molecule has 1 rings (SSSR count).